The van der Waals surface area contributed by atoms with Crippen molar-refractivity contribution in [2.45, 2.75) is 59.2 Å². The van der Waals surface area contributed by atoms with Crippen LogP contribution in [0.15, 0.2) is 79.0 Å². The summed E-state index contributed by atoms with van der Waals surface area (Å²) in [6, 6.07) is 23.4. The first-order valence-electron chi connectivity index (χ1n) is 14.6. The zero-order chi connectivity index (χ0) is 30.7. The van der Waals surface area contributed by atoms with E-state index >= 15 is 0 Å². The van der Waals surface area contributed by atoms with Gasteiger partial charge >= 0.3 is 12.1 Å². The van der Waals surface area contributed by atoms with Crippen LogP contribution in [0.2, 0.25) is 0 Å². The zero-order valence-corrected chi connectivity index (χ0v) is 25.8. The summed E-state index contributed by atoms with van der Waals surface area (Å²) in [5.41, 5.74) is 5.65. The molecule has 2 heterocycles. The van der Waals surface area contributed by atoms with Crippen LogP contribution in [0, 0.1) is 13.8 Å². The van der Waals surface area contributed by atoms with Gasteiger partial charge in [0.05, 0.1) is 31.8 Å². The van der Waals surface area contributed by atoms with Crippen molar-refractivity contribution in [3.63, 3.8) is 0 Å². The number of benzene rings is 3. The van der Waals surface area contributed by atoms with Gasteiger partial charge in [-0.15, -0.1) is 5.06 Å². The summed E-state index contributed by atoms with van der Waals surface area (Å²) in [5, 5.41) is 2.22. The Labute approximate surface area is 253 Å². The van der Waals surface area contributed by atoms with E-state index in [-0.39, 0.29) is 18.6 Å². The second-order valence-corrected chi connectivity index (χ2v) is 12.1. The van der Waals surface area contributed by atoms with Gasteiger partial charge in [-0.25, -0.2) is 9.59 Å². The number of fused-ring (bicyclic) bond motifs is 1. The van der Waals surface area contributed by atoms with Crippen LogP contribution in [0.3, 0.4) is 0 Å². The number of aromatic nitrogens is 1. The summed E-state index contributed by atoms with van der Waals surface area (Å²) in [5.74, 6) is 0.787. The Balaban J connectivity index is 1.36. The molecular formula is C35H40N4O4. The number of methoxy groups -OCH3 is 1. The summed E-state index contributed by atoms with van der Waals surface area (Å²) in [6.07, 6.45) is 1.86. The number of pyridine rings is 1. The van der Waals surface area contributed by atoms with Crippen LogP contribution < -0.4 is 4.74 Å². The molecule has 0 spiro atoms. The van der Waals surface area contributed by atoms with Gasteiger partial charge in [0, 0.05) is 23.7 Å². The topological polar surface area (TPSA) is 75.2 Å². The Hall–Kier alpha value is -4.59. The Morgan fingerprint density at radius 3 is 2.42 bits per heavy atom. The molecule has 8 nitrogen and oxygen atoms in total. The summed E-state index contributed by atoms with van der Waals surface area (Å²) >= 11 is 0. The van der Waals surface area contributed by atoms with Gasteiger partial charge in [-0.05, 0) is 93.1 Å². The van der Waals surface area contributed by atoms with Crippen LogP contribution in [0.1, 0.15) is 54.6 Å². The maximum atomic E-state index is 13.8. The van der Waals surface area contributed by atoms with Crippen molar-refractivity contribution in [3.8, 4) is 5.75 Å². The SMILES string of the molecule is COc1ccc(CCN2C(=O)N(OC(=O)N(Cc3cnc4ccccc4c3)C(C)(C)C)CC2c2ccc(C)c(C)c2)cc1. The van der Waals surface area contributed by atoms with E-state index in [1.165, 1.54) is 10.6 Å². The molecular weight excluding hydrogens is 540 g/mol. The predicted octanol–water partition coefficient (Wildman–Crippen LogP) is 7.23. The molecule has 3 aromatic carbocycles. The Morgan fingerprint density at radius 2 is 1.72 bits per heavy atom. The van der Waals surface area contributed by atoms with Gasteiger partial charge in [-0.3, -0.25) is 9.88 Å². The highest BCUT2D eigenvalue weighted by Crippen LogP contribution is 2.32. The first-order valence-corrected chi connectivity index (χ1v) is 14.6. The van der Waals surface area contributed by atoms with Crippen LogP contribution >= 0.6 is 0 Å². The molecule has 1 saturated heterocycles. The van der Waals surface area contributed by atoms with E-state index in [0.717, 1.165) is 38.9 Å². The van der Waals surface area contributed by atoms with Crippen LogP contribution in [-0.2, 0) is 17.8 Å². The smallest absolute Gasteiger partial charge is 0.435 e. The number of urea groups is 1. The molecule has 1 fully saturated rings. The van der Waals surface area contributed by atoms with E-state index in [1.807, 2.05) is 75.4 Å². The van der Waals surface area contributed by atoms with E-state index in [0.29, 0.717) is 19.5 Å². The highest BCUT2D eigenvalue weighted by atomic mass is 16.7. The molecule has 3 amide bonds. The van der Waals surface area contributed by atoms with E-state index in [4.69, 9.17) is 9.57 Å². The number of amides is 3. The molecule has 1 aliphatic heterocycles. The number of carbonyl (C=O) groups excluding carboxylic acids is 2. The molecule has 1 atom stereocenters. The number of rotatable bonds is 8. The van der Waals surface area contributed by atoms with E-state index < -0.39 is 11.6 Å². The molecule has 0 radical (unpaired) electrons. The lowest BCUT2D eigenvalue weighted by Gasteiger charge is -2.35. The fourth-order valence-electron chi connectivity index (χ4n) is 5.34. The molecule has 8 heteroatoms. The van der Waals surface area contributed by atoms with Crippen molar-refractivity contribution in [3.05, 3.63) is 107 Å². The first-order chi connectivity index (χ1) is 20.5. The van der Waals surface area contributed by atoms with Gasteiger partial charge in [-0.1, -0.05) is 48.5 Å². The maximum Gasteiger partial charge on any atom is 0.435 e. The molecule has 0 saturated carbocycles. The number of aryl methyl sites for hydroxylation is 2. The number of para-hydroxylation sites is 1. The molecule has 0 aliphatic carbocycles. The van der Waals surface area contributed by atoms with Crippen molar-refractivity contribution in [1.29, 1.82) is 0 Å². The van der Waals surface area contributed by atoms with E-state index in [2.05, 4.69) is 37.0 Å². The second kappa shape index (κ2) is 12.3. The molecule has 224 valence electrons. The molecule has 1 aromatic heterocycles. The summed E-state index contributed by atoms with van der Waals surface area (Å²) < 4.78 is 5.28. The Morgan fingerprint density at radius 1 is 0.977 bits per heavy atom. The van der Waals surface area contributed by atoms with Crippen LogP contribution in [0.5, 0.6) is 5.75 Å². The van der Waals surface area contributed by atoms with Crippen LogP contribution in [0.4, 0.5) is 9.59 Å². The first kappa shape index (κ1) is 29.9. The minimum Gasteiger partial charge on any atom is -0.497 e. The number of hydroxylamine groups is 2. The van der Waals surface area contributed by atoms with Gasteiger partial charge in [0.2, 0.25) is 0 Å². The number of nitrogens with zero attached hydrogens (tertiary/aromatic N) is 4. The van der Waals surface area contributed by atoms with Crippen molar-refractivity contribution >= 4 is 23.0 Å². The largest absolute Gasteiger partial charge is 0.497 e. The average molecular weight is 581 g/mol. The molecule has 1 aliphatic rings. The molecule has 0 bridgehead atoms. The van der Waals surface area contributed by atoms with Crippen LogP contribution in [0.25, 0.3) is 10.9 Å². The fourth-order valence-corrected chi connectivity index (χ4v) is 5.34. The summed E-state index contributed by atoms with van der Waals surface area (Å²) in [6.45, 7) is 11.0. The molecule has 43 heavy (non-hydrogen) atoms. The quantitative estimate of drug-likeness (QED) is 0.220. The summed E-state index contributed by atoms with van der Waals surface area (Å²) in [4.78, 5) is 41.4. The lowest BCUT2D eigenvalue weighted by Crippen LogP contribution is -2.48. The Kier molecular flexibility index (Phi) is 8.57. The predicted molar refractivity (Wildman–Crippen MR) is 168 cm³/mol. The van der Waals surface area contributed by atoms with Crippen molar-refractivity contribution in [1.82, 2.24) is 19.8 Å². The maximum absolute atomic E-state index is 13.8. The van der Waals surface area contributed by atoms with Crippen molar-refractivity contribution < 1.29 is 19.2 Å². The number of hydrogen-bond acceptors (Lipinski definition) is 5. The highest BCUT2D eigenvalue weighted by Gasteiger charge is 2.42. The van der Waals surface area contributed by atoms with Crippen molar-refractivity contribution in [2.24, 2.45) is 0 Å². The third-order valence-corrected chi connectivity index (χ3v) is 8.10. The minimum atomic E-state index is -0.579. The second-order valence-electron chi connectivity index (χ2n) is 12.1. The number of carbonyl (C=O) groups is 2. The average Bonchev–Trinajstić information content (AvgIpc) is 3.30. The highest BCUT2D eigenvalue weighted by molar-refractivity contribution is 5.80. The standard InChI is InChI=1S/C35H40N4O4/c1-24-11-14-29(19-25(24)2)32-23-39(33(40)37(32)18-17-26-12-15-30(42-6)16-13-26)43-34(41)38(35(3,4)5)22-27-20-28-9-7-8-10-31(28)36-21-27/h7-16,19-21,32H,17-18,22-23H2,1-6H3. The van der Waals surface area contributed by atoms with Gasteiger partial charge in [0.1, 0.15) is 5.75 Å². The van der Waals surface area contributed by atoms with Crippen LogP contribution in [-0.4, -0.2) is 57.7 Å². The molecule has 0 N–H and O–H groups in total. The van der Waals surface area contributed by atoms with Gasteiger partial charge in [0.15, 0.2) is 0 Å². The third-order valence-electron chi connectivity index (χ3n) is 8.10. The molecule has 4 aromatic rings. The zero-order valence-electron chi connectivity index (χ0n) is 25.8. The normalized spacial score (nSPS) is 15.2. The van der Waals surface area contributed by atoms with Gasteiger partial charge in [0.25, 0.3) is 0 Å². The number of hydrogen-bond donors (Lipinski definition) is 0. The fraction of sp³-hybridized carbons (Fsp3) is 0.343. The van der Waals surface area contributed by atoms with Gasteiger partial charge < -0.3 is 14.5 Å². The summed E-state index contributed by atoms with van der Waals surface area (Å²) in [7, 11) is 1.64. The lowest BCUT2D eigenvalue weighted by atomic mass is 10.0. The van der Waals surface area contributed by atoms with Gasteiger partial charge in [-0.2, -0.15) is 0 Å². The monoisotopic (exact) mass is 580 g/mol. The third kappa shape index (κ3) is 6.74. The van der Waals surface area contributed by atoms with E-state index in [1.54, 1.807) is 23.1 Å². The Bertz CT molecular complexity index is 1610. The van der Waals surface area contributed by atoms with E-state index in [9.17, 15) is 9.59 Å². The lowest BCUT2D eigenvalue weighted by molar-refractivity contribution is -0.0732. The van der Waals surface area contributed by atoms with Crippen molar-refractivity contribution in [2.75, 3.05) is 20.2 Å². The number of ether oxygens (including phenoxy) is 1. The molecule has 5 rings (SSSR count). The molecule has 1 unspecified atom stereocenters. The minimum absolute atomic E-state index is 0.241.